The molecule has 0 aliphatic carbocycles. The summed E-state index contributed by atoms with van der Waals surface area (Å²) >= 11 is 0. The zero-order valence-corrected chi connectivity index (χ0v) is 6.73. The fourth-order valence-electron chi connectivity index (χ4n) is 1.42. The number of anilines is 1. The first-order valence-corrected chi connectivity index (χ1v) is 4.02. The van der Waals surface area contributed by atoms with Gasteiger partial charge >= 0.3 is 0 Å². The standard InChI is InChI=1S/C8H11N3O/c9-8-3-7(4-10-11-8)6-1-2-12-5-6/h3-4,6H,1-2,5H2,(H2,9,11). The molecule has 64 valence electrons. The van der Waals surface area contributed by atoms with E-state index in [-0.39, 0.29) is 0 Å². The van der Waals surface area contributed by atoms with Crippen LogP contribution in [-0.4, -0.2) is 23.4 Å². The fourth-order valence-corrected chi connectivity index (χ4v) is 1.42. The van der Waals surface area contributed by atoms with Gasteiger partial charge in [-0.3, -0.25) is 0 Å². The molecule has 0 radical (unpaired) electrons. The van der Waals surface area contributed by atoms with Gasteiger partial charge in [0.05, 0.1) is 12.8 Å². The lowest BCUT2D eigenvalue weighted by Crippen LogP contribution is -2.01. The van der Waals surface area contributed by atoms with Crippen molar-refractivity contribution in [3.05, 3.63) is 17.8 Å². The van der Waals surface area contributed by atoms with Crippen molar-refractivity contribution in [3.63, 3.8) is 0 Å². The van der Waals surface area contributed by atoms with Crippen LogP contribution in [0.25, 0.3) is 0 Å². The van der Waals surface area contributed by atoms with Crippen LogP contribution in [0.2, 0.25) is 0 Å². The predicted octanol–water partition coefficient (Wildman–Crippen LogP) is 0.563. The summed E-state index contributed by atoms with van der Waals surface area (Å²) in [6, 6.07) is 1.87. The molecule has 1 atom stereocenters. The third-order valence-corrected chi connectivity index (χ3v) is 2.10. The number of nitrogens with zero attached hydrogens (tertiary/aromatic N) is 2. The Bertz CT molecular complexity index is 271. The van der Waals surface area contributed by atoms with Gasteiger partial charge in [-0.15, -0.1) is 5.10 Å². The van der Waals surface area contributed by atoms with E-state index in [1.807, 2.05) is 6.07 Å². The van der Waals surface area contributed by atoms with Gasteiger partial charge in [-0.05, 0) is 18.1 Å². The lowest BCUT2D eigenvalue weighted by Gasteiger charge is -2.05. The quantitative estimate of drug-likeness (QED) is 0.660. The fraction of sp³-hybridized carbons (Fsp3) is 0.500. The minimum absolute atomic E-state index is 0.461. The van der Waals surface area contributed by atoms with Crippen LogP contribution in [0.3, 0.4) is 0 Å². The molecule has 1 unspecified atom stereocenters. The van der Waals surface area contributed by atoms with E-state index in [1.165, 1.54) is 0 Å². The SMILES string of the molecule is Nc1cc(C2CCOC2)cnn1. The van der Waals surface area contributed by atoms with Gasteiger partial charge in [0, 0.05) is 12.5 Å². The topological polar surface area (TPSA) is 61.0 Å². The van der Waals surface area contributed by atoms with Crippen LogP contribution in [-0.2, 0) is 4.74 Å². The van der Waals surface area contributed by atoms with E-state index in [0.29, 0.717) is 11.7 Å². The van der Waals surface area contributed by atoms with Gasteiger partial charge in [-0.1, -0.05) is 0 Å². The maximum Gasteiger partial charge on any atom is 0.146 e. The Hall–Kier alpha value is -1.16. The van der Waals surface area contributed by atoms with Crippen LogP contribution < -0.4 is 5.73 Å². The summed E-state index contributed by atoms with van der Waals surface area (Å²) in [6.07, 6.45) is 2.82. The van der Waals surface area contributed by atoms with Gasteiger partial charge in [0.25, 0.3) is 0 Å². The molecule has 0 bridgehead atoms. The summed E-state index contributed by atoms with van der Waals surface area (Å²) in [6.45, 7) is 1.62. The second kappa shape index (κ2) is 3.06. The summed E-state index contributed by atoms with van der Waals surface area (Å²) < 4.78 is 5.26. The first-order valence-electron chi connectivity index (χ1n) is 4.02. The van der Waals surface area contributed by atoms with E-state index in [2.05, 4.69) is 10.2 Å². The summed E-state index contributed by atoms with van der Waals surface area (Å²) in [7, 11) is 0. The van der Waals surface area contributed by atoms with Gasteiger partial charge < -0.3 is 10.5 Å². The number of nitrogen functional groups attached to an aromatic ring is 1. The van der Waals surface area contributed by atoms with Crippen LogP contribution >= 0.6 is 0 Å². The molecule has 1 aromatic rings. The molecule has 12 heavy (non-hydrogen) atoms. The van der Waals surface area contributed by atoms with Gasteiger partial charge in [0.2, 0.25) is 0 Å². The Morgan fingerprint density at radius 2 is 2.50 bits per heavy atom. The Morgan fingerprint density at radius 3 is 3.17 bits per heavy atom. The second-order valence-corrected chi connectivity index (χ2v) is 2.97. The van der Waals surface area contributed by atoms with Crippen LogP contribution in [0.5, 0.6) is 0 Å². The molecule has 1 aliphatic heterocycles. The third kappa shape index (κ3) is 1.38. The van der Waals surface area contributed by atoms with Crippen molar-refractivity contribution in [1.29, 1.82) is 0 Å². The summed E-state index contributed by atoms with van der Waals surface area (Å²) in [5, 5.41) is 7.50. The highest BCUT2D eigenvalue weighted by Crippen LogP contribution is 2.24. The Balaban J connectivity index is 2.21. The molecule has 2 heterocycles. The lowest BCUT2D eigenvalue weighted by atomic mass is 10.0. The van der Waals surface area contributed by atoms with E-state index in [9.17, 15) is 0 Å². The molecule has 2 rings (SSSR count). The molecule has 4 heteroatoms. The maximum atomic E-state index is 5.51. The predicted molar refractivity (Wildman–Crippen MR) is 44.6 cm³/mol. The highest BCUT2D eigenvalue weighted by molar-refractivity contribution is 5.31. The van der Waals surface area contributed by atoms with E-state index in [0.717, 1.165) is 25.2 Å². The number of aromatic nitrogens is 2. The minimum Gasteiger partial charge on any atom is -0.382 e. The second-order valence-electron chi connectivity index (χ2n) is 2.97. The number of nitrogens with two attached hydrogens (primary N) is 1. The molecule has 4 nitrogen and oxygen atoms in total. The molecule has 0 saturated carbocycles. The molecule has 1 aromatic heterocycles. The number of hydrogen-bond donors (Lipinski definition) is 1. The molecular formula is C8H11N3O. The lowest BCUT2D eigenvalue weighted by molar-refractivity contribution is 0.194. The van der Waals surface area contributed by atoms with Crippen LogP contribution in [0.4, 0.5) is 5.82 Å². The van der Waals surface area contributed by atoms with Gasteiger partial charge in [0.15, 0.2) is 0 Å². The van der Waals surface area contributed by atoms with Gasteiger partial charge in [-0.25, -0.2) is 0 Å². The number of rotatable bonds is 1. The smallest absolute Gasteiger partial charge is 0.146 e. The zero-order valence-electron chi connectivity index (χ0n) is 6.73. The minimum atomic E-state index is 0.461. The summed E-state index contributed by atoms with van der Waals surface area (Å²) in [5.74, 6) is 0.946. The molecule has 2 N–H and O–H groups in total. The molecule has 1 saturated heterocycles. The molecular weight excluding hydrogens is 154 g/mol. The average molecular weight is 165 g/mol. The van der Waals surface area contributed by atoms with Crippen LogP contribution in [0, 0.1) is 0 Å². The average Bonchev–Trinajstić information content (AvgIpc) is 2.56. The van der Waals surface area contributed by atoms with E-state index in [4.69, 9.17) is 10.5 Å². The van der Waals surface area contributed by atoms with E-state index >= 15 is 0 Å². The largest absolute Gasteiger partial charge is 0.382 e. The Labute approximate surface area is 70.7 Å². The highest BCUT2D eigenvalue weighted by atomic mass is 16.5. The summed E-state index contributed by atoms with van der Waals surface area (Å²) in [5.41, 5.74) is 6.65. The molecule has 0 aromatic carbocycles. The van der Waals surface area contributed by atoms with Gasteiger partial charge in [-0.2, -0.15) is 5.10 Å². The normalized spacial score (nSPS) is 22.8. The Morgan fingerprint density at radius 1 is 1.58 bits per heavy atom. The molecule has 0 amide bonds. The van der Waals surface area contributed by atoms with Crippen molar-refractivity contribution in [2.24, 2.45) is 0 Å². The van der Waals surface area contributed by atoms with Crippen LogP contribution in [0.15, 0.2) is 12.3 Å². The van der Waals surface area contributed by atoms with E-state index in [1.54, 1.807) is 6.20 Å². The highest BCUT2D eigenvalue weighted by Gasteiger charge is 2.17. The maximum absolute atomic E-state index is 5.51. The zero-order chi connectivity index (χ0) is 8.39. The van der Waals surface area contributed by atoms with Crippen molar-refractivity contribution in [1.82, 2.24) is 10.2 Å². The molecule has 0 spiro atoms. The van der Waals surface area contributed by atoms with Crippen molar-refractivity contribution in [3.8, 4) is 0 Å². The first kappa shape index (κ1) is 7.49. The van der Waals surface area contributed by atoms with E-state index < -0.39 is 0 Å². The van der Waals surface area contributed by atoms with Crippen molar-refractivity contribution in [2.75, 3.05) is 18.9 Å². The molecule has 1 fully saturated rings. The van der Waals surface area contributed by atoms with Crippen molar-refractivity contribution < 1.29 is 4.74 Å². The third-order valence-electron chi connectivity index (χ3n) is 2.10. The Kier molecular flexibility index (Phi) is 1.91. The number of hydrogen-bond acceptors (Lipinski definition) is 4. The summed E-state index contributed by atoms with van der Waals surface area (Å²) in [4.78, 5) is 0. The number of ether oxygens (including phenoxy) is 1. The van der Waals surface area contributed by atoms with Crippen molar-refractivity contribution in [2.45, 2.75) is 12.3 Å². The monoisotopic (exact) mass is 165 g/mol. The first-order chi connectivity index (χ1) is 5.86. The van der Waals surface area contributed by atoms with Gasteiger partial charge in [0.1, 0.15) is 5.82 Å². The van der Waals surface area contributed by atoms with Crippen LogP contribution in [0.1, 0.15) is 17.9 Å². The molecule has 1 aliphatic rings. The van der Waals surface area contributed by atoms with Crippen molar-refractivity contribution >= 4 is 5.82 Å².